The van der Waals surface area contributed by atoms with Crippen LogP contribution in [0.1, 0.15) is 40.9 Å². The normalized spacial score (nSPS) is 13.4. The molecule has 0 aliphatic rings. The van der Waals surface area contributed by atoms with Gasteiger partial charge in [-0.05, 0) is 31.0 Å². The Morgan fingerprint density at radius 2 is 1.95 bits per heavy atom. The van der Waals surface area contributed by atoms with Gasteiger partial charge < -0.3 is 19.7 Å². The number of esters is 2. The number of aryl methyl sites for hydroxylation is 1. The Labute approximate surface area is 123 Å². The van der Waals surface area contributed by atoms with Gasteiger partial charge >= 0.3 is 11.9 Å². The molecule has 6 heteroatoms. The minimum Gasteiger partial charge on any atom is -0.466 e. The summed E-state index contributed by atoms with van der Waals surface area (Å²) >= 11 is 0. The molecule has 0 fully saturated rings. The second-order valence-corrected chi connectivity index (χ2v) is 4.59. The summed E-state index contributed by atoms with van der Waals surface area (Å²) in [6, 6.07) is 4.67. The van der Waals surface area contributed by atoms with Gasteiger partial charge in [0.05, 0.1) is 31.8 Å². The number of methoxy groups -OCH3 is 1. The second-order valence-electron chi connectivity index (χ2n) is 4.59. The average Bonchev–Trinajstić information content (AvgIpc) is 2.46. The summed E-state index contributed by atoms with van der Waals surface area (Å²) < 4.78 is 9.36. The van der Waals surface area contributed by atoms with Crippen molar-refractivity contribution in [2.45, 2.75) is 32.5 Å². The molecule has 0 bridgehead atoms. The van der Waals surface area contributed by atoms with Gasteiger partial charge in [-0.15, -0.1) is 0 Å². The molecule has 2 N–H and O–H groups in total. The summed E-state index contributed by atoms with van der Waals surface area (Å²) in [4.78, 5) is 22.9. The number of ether oxygens (including phenoxy) is 2. The van der Waals surface area contributed by atoms with E-state index in [4.69, 9.17) is 4.74 Å². The van der Waals surface area contributed by atoms with E-state index in [1.54, 1.807) is 26.0 Å². The van der Waals surface area contributed by atoms with Crippen LogP contribution in [0.25, 0.3) is 0 Å². The zero-order valence-electron chi connectivity index (χ0n) is 12.3. The average molecular weight is 296 g/mol. The molecule has 0 radical (unpaired) electrons. The zero-order valence-corrected chi connectivity index (χ0v) is 12.3. The molecule has 1 aromatic rings. The molecule has 2 atom stereocenters. The molecule has 0 aliphatic carbocycles. The number of hydrogen-bond acceptors (Lipinski definition) is 6. The largest absolute Gasteiger partial charge is 0.466 e. The van der Waals surface area contributed by atoms with Gasteiger partial charge in [-0.25, -0.2) is 4.79 Å². The van der Waals surface area contributed by atoms with E-state index in [1.165, 1.54) is 13.2 Å². The van der Waals surface area contributed by atoms with E-state index in [0.717, 1.165) is 0 Å². The summed E-state index contributed by atoms with van der Waals surface area (Å²) in [5, 5.41) is 19.9. The van der Waals surface area contributed by atoms with Crippen molar-refractivity contribution in [1.82, 2.24) is 0 Å². The first-order valence-electron chi connectivity index (χ1n) is 6.61. The number of hydrogen-bond donors (Lipinski definition) is 2. The van der Waals surface area contributed by atoms with Gasteiger partial charge in [0.1, 0.15) is 6.10 Å². The van der Waals surface area contributed by atoms with Crippen molar-refractivity contribution in [2.75, 3.05) is 13.7 Å². The van der Waals surface area contributed by atoms with Crippen molar-refractivity contribution in [1.29, 1.82) is 0 Å². The first kappa shape index (κ1) is 17.1. The molecular formula is C15H20O6. The van der Waals surface area contributed by atoms with Crippen molar-refractivity contribution in [2.24, 2.45) is 0 Å². The summed E-state index contributed by atoms with van der Waals surface area (Å²) in [7, 11) is 1.26. The Hall–Kier alpha value is -1.92. The molecule has 0 saturated carbocycles. The monoisotopic (exact) mass is 296 g/mol. The molecule has 21 heavy (non-hydrogen) atoms. The SMILES string of the molecule is CCOC(=O)CC(O)C(O)c1ccc(C)c(C(=O)OC)c1. The van der Waals surface area contributed by atoms with E-state index in [1.807, 2.05) is 0 Å². The summed E-state index contributed by atoms with van der Waals surface area (Å²) in [5.74, 6) is -1.12. The van der Waals surface area contributed by atoms with Crippen LogP contribution in [0.2, 0.25) is 0 Å². The number of carbonyl (C=O) groups excluding carboxylic acids is 2. The third-order valence-corrected chi connectivity index (χ3v) is 3.05. The summed E-state index contributed by atoms with van der Waals surface area (Å²) in [5.41, 5.74) is 1.33. The van der Waals surface area contributed by atoms with Crippen LogP contribution in [0, 0.1) is 6.92 Å². The Bertz CT molecular complexity index is 511. The van der Waals surface area contributed by atoms with Crippen LogP contribution < -0.4 is 0 Å². The minimum absolute atomic E-state index is 0.207. The number of rotatable bonds is 6. The predicted molar refractivity (Wildman–Crippen MR) is 74.7 cm³/mol. The molecule has 1 aromatic carbocycles. The van der Waals surface area contributed by atoms with Gasteiger partial charge in [0.2, 0.25) is 0 Å². The minimum atomic E-state index is -1.31. The maximum absolute atomic E-state index is 11.6. The highest BCUT2D eigenvalue weighted by molar-refractivity contribution is 5.91. The Morgan fingerprint density at radius 3 is 2.52 bits per heavy atom. The third-order valence-electron chi connectivity index (χ3n) is 3.05. The maximum Gasteiger partial charge on any atom is 0.338 e. The van der Waals surface area contributed by atoms with Gasteiger partial charge in [-0.2, -0.15) is 0 Å². The highest BCUT2D eigenvalue weighted by Crippen LogP contribution is 2.22. The molecule has 0 saturated heterocycles. The third kappa shape index (κ3) is 4.54. The topological polar surface area (TPSA) is 93.1 Å². The number of carbonyl (C=O) groups is 2. The van der Waals surface area contributed by atoms with Crippen LogP contribution >= 0.6 is 0 Å². The van der Waals surface area contributed by atoms with Gasteiger partial charge in [0, 0.05) is 0 Å². The van der Waals surface area contributed by atoms with Gasteiger partial charge in [-0.1, -0.05) is 12.1 Å². The van der Waals surface area contributed by atoms with E-state index in [2.05, 4.69) is 4.74 Å². The van der Waals surface area contributed by atoms with Crippen LogP contribution in [0.4, 0.5) is 0 Å². The summed E-state index contributed by atoms with van der Waals surface area (Å²) in [6.45, 7) is 3.60. The van der Waals surface area contributed by atoms with E-state index >= 15 is 0 Å². The predicted octanol–water partition coefficient (Wildman–Crippen LogP) is 1.13. The standard InChI is InChI=1S/C15H20O6/c1-4-21-13(17)8-12(16)14(18)10-6-5-9(2)11(7-10)15(19)20-3/h5-7,12,14,16,18H,4,8H2,1-3H3. The molecule has 116 valence electrons. The van der Waals surface area contributed by atoms with E-state index < -0.39 is 24.1 Å². The molecule has 6 nitrogen and oxygen atoms in total. The lowest BCUT2D eigenvalue weighted by Gasteiger charge is -2.18. The van der Waals surface area contributed by atoms with E-state index in [0.29, 0.717) is 16.7 Å². The Morgan fingerprint density at radius 1 is 1.29 bits per heavy atom. The molecule has 0 amide bonds. The molecule has 1 rings (SSSR count). The fourth-order valence-electron chi connectivity index (χ4n) is 1.88. The molecular weight excluding hydrogens is 276 g/mol. The lowest BCUT2D eigenvalue weighted by molar-refractivity contribution is -0.147. The molecule has 0 heterocycles. The van der Waals surface area contributed by atoms with E-state index in [-0.39, 0.29) is 13.0 Å². The van der Waals surface area contributed by atoms with Crippen molar-refractivity contribution in [3.05, 3.63) is 34.9 Å². The van der Waals surface area contributed by atoms with Crippen LogP contribution in [-0.2, 0) is 14.3 Å². The first-order chi connectivity index (χ1) is 9.90. The Kier molecular flexibility index (Phi) is 6.33. The maximum atomic E-state index is 11.6. The van der Waals surface area contributed by atoms with Crippen molar-refractivity contribution in [3.63, 3.8) is 0 Å². The molecule has 0 spiro atoms. The smallest absolute Gasteiger partial charge is 0.338 e. The molecule has 0 aromatic heterocycles. The van der Waals surface area contributed by atoms with Crippen molar-refractivity contribution in [3.8, 4) is 0 Å². The van der Waals surface area contributed by atoms with Crippen LogP contribution in [0.5, 0.6) is 0 Å². The van der Waals surface area contributed by atoms with Crippen LogP contribution in [-0.4, -0.2) is 42.0 Å². The van der Waals surface area contributed by atoms with Gasteiger partial charge in [0.15, 0.2) is 0 Å². The number of aliphatic hydroxyl groups is 2. The van der Waals surface area contributed by atoms with Crippen molar-refractivity contribution >= 4 is 11.9 Å². The molecule has 0 aliphatic heterocycles. The first-order valence-corrected chi connectivity index (χ1v) is 6.61. The molecule has 2 unspecified atom stereocenters. The lowest BCUT2D eigenvalue weighted by atomic mass is 9.97. The van der Waals surface area contributed by atoms with E-state index in [9.17, 15) is 19.8 Å². The Balaban J connectivity index is 2.89. The van der Waals surface area contributed by atoms with Gasteiger partial charge in [0.25, 0.3) is 0 Å². The van der Waals surface area contributed by atoms with Crippen molar-refractivity contribution < 1.29 is 29.3 Å². The number of aliphatic hydroxyl groups excluding tert-OH is 2. The van der Waals surface area contributed by atoms with Crippen LogP contribution in [0.15, 0.2) is 18.2 Å². The van der Waals surface area contributed by atoms with Crippen LogP contribution in [0.3, 0.4) is 0 Å². The quantitative estimate of drug-likeness (QED) is 0.764. The highest BCUT2D eigenvalue weighted by atomic mass is 16.5. The fourth-order valence-corrected chi connectivity index (χ4v) is 1.88. The fraction of sp³-hybridized carbons (Fsp3) is 0.467. The van der Waals surface area contributed by atoms with Gasteiger partial charge in [-0.3, -0.25) is 4.79 Å². The zero-order chi connectivity index (χ0) is 16.0. The number of benzene rings is 1. The summed E-state index contributed by atoms with van der Waals surface area (Å²) in [6.07, 6.45) is -2.92. The highest BCUT2D eigenvalue weighted by Gasteiger charge is 2.23. The lowest BCUT2D eigenvalue weighted by Crippen LogP contribution is -2.23. The second kappa shape index (κ2) is 7.75.